The predicted molar refractivity (Wildman–Crippen MR) is 76.4 cm³/mol. The Morgan fingerprint density at radius 1 is 1.33 bits per heavy atom. The molecule has 0 aliphatic rings. The Kier molecular flexibility index (Phi) is 4.47. The first-order valence-corrected chi connectivity index (χ1v) is 7.01. The Balaban J connectivity index is 2.17. The highest BCUT2D eigenvalue weighted by atomic mass is 32.1. The monoisotopic (exact) mass is 261 g/mol. The summed E-state index contributed by atoms with van der Waals surface area (Å²) in [6.45, 7) is 4.20. The molecule has 0 saturated carbocycles. The van der Waals surface area contributed by atoms with Crippen molar-refractivity contribution in [2.24, 2.45) is 5.84 Å². The molecular weight excluding hydrogens is 242 g/mol. The molecule has 2 aromatic rings. The SMILES string of the molecule is CCc1ccc(CC(NN)c2cccnc2C)s1. The van der Waals surface area contributed by atoms with Crippen LogP contribution >= 0.6 is 11.3 Å². The Morgan fingerprint density at radius 2 is 2.11 bits per heavy atom. The fourth-order valence-corrected chi connectivity index (χ4v) is 3.05. The lowest BCUT2D eigenvalue weighted by atomic mass is 10.0. The molecule has 1 unspecified atom stereocenters. The Hall–Kier alpha value is -1.23. The first-order valence-electron chi connectivity index (χ1n) is 6.19. The molecule has 1 atom stereocenters. The van der Waals surface area contributed by atoms with Crippen LogP contribution in [0.25, 0.3) is 0 Å². The molecule has 0 saturated heterocycles. The van der Waals surface area contributed by atoms with Gasteiger partial charge in [-0.2, -0.15) is 0 Å². The molecule has 0 fully saturated rings. The molecule has 0 spiro atoms. The molecule has 0 aliphatic heterocycles. The van der Waals surface area contributed by atoms with Crippen LogP contribution in [0.2, 0.25) is 0 Å². The quantitative estimate of drug-likeness (QED) is 0.643. The molecular formula is C14H19N3S. The number of hydrogen-bond donors (Lipinski definition) is 2. The third kappa shape index (κ3) is 2.96. The summed E-state index contributed by atoms with van der Waals surface area (Å²) in [5.41, 5.74) is 5.11. The van der Waals surface area contributed by atoms with Crippen molar-refractivity contribution in [2.45, 2.75) is 32.7 Å². The van der Waals surface area contributed by atoms with E-state index in [-0.39, 0.29) is 6.04 Å². The molecule has 2 heterocycles. The van der Waals surface area contributed by atoms with Crippen LogP contribution in [0, 0.1) is 6.92 Å². The number of aryl methyl sites for hydroxylation is 2. The number of aromatic nitrogens is 1. The largest absolute Gasteiger partial charge is 0.271 e. The van der Waals surface area contributed by atoms with Crippen LogP contribution in [0.5, 0.6) is 0 Å². The summed E-state index contributed by atoms with van der Waals surface area (Å²) < 4.78 is 0. The zero-order chi connectivity index (χ0) is 13.0. The zero-order valence-electron chi connectivity index (χ0n) is 10.8. The van der Waals surface area contributed by atoms with Gasteiger partial charge in [0.05, 0.1) is 6.04 Å². The van der Waals surface area contributed by atoms with E-state index in [1.165, 1.54) is 15.3 Å². The van der Waals surface area contributed by atoms with Gasteiger partial charge in [-0.3, -0.25) is 16.3 Å². The van der Waals surface area contributed by atoms with Crippen molar-refractivity contribution < 1.29 is 0 Å². The summed E-state index contributed by atoms with van der Waals surface area (Å²) in [4.78, 5) is 7.10. The standard InChI is InChI=1S/C14H19N3S/c1-3-11-6-7-12(18-11)9-14(17-15)13-5-4-8-16-10(13)2/h4-8,14,17H,3,9,15H2,1-2H3. The van der Waals surface area contributed by atoms with E-state index in [0.29, 0.717) is 0 Å². The number of pyridine rings is 1. The van der Waals surface area contributed by atoms with Gasteiger partial charge in [0.25, 0.3) is 0 Å². The van der Waals surface area contributed by atoms with E-state index in [1.54, 1.807) is 0 Å². The van der Waals surface area contributed by atoms with Crippen molar-refractivity contribution in [1.82, 2.24) is 10.4 Å². The number of nitrogens with one attached hydrogen (secondary N) is 1. The highest BCUT2D eigenvalue weighted by molar-refractivity contribution is 7.11. The normalized spacial score (nSPS) is 12.6. The zero-order valence-corrected chi connectivity index (χ0v) is 11.6. The third-order valence-corrected chi connectivity index (χ3v) is 4.35. The Bertz CT molecular complexity index is 507. The molecule has 0 aromatic carbocycles. The molecule has 0 aliphatic carbocycles. The summed E-state index contributed by atoms with van der Waals surface area (Å²) >= 11 is 1.86. The maximum Gasteiger partial charge on any atom is 0.0526 e. The lowest BCUT2D eigenvalue weighted by Crippen LogP contribution is -2.30. The van der Waals surface area contributed by atoms with Crippen LogP contribution in [-0.2, 0) is 12.8 Å². The number of rotatable bonds is 5. The van der Waals surface area contributed by atoms with Gasteiger partial charge >= 0.3 is 0 Å². The van der Waals surface area contributed by atoms with E-state index < -0.39 is 0 Å². The predicted octanol–water partition coefficient (Wildman–Crippen LogP) is 2.76. The van der Waals surface area contributed by atoms with Crippen molar-refractivity contribution in [3.8, 4) is 0 Å². The molecule has 96 valence electrons. The lowest BCUT2D eigenvalue weighted by Gasteiger charge is -2.17. The highest BCUT2D eigenvalue weighted by Gasteiger charge is 2.14. The summed E-state index contributed by atoms with van der Waals surface area (Å²) in [5.74, 6) is 5.69. The van der Waals surface area contributed by atoms with Crippen LogP contribution in [0.4, 0.5) is 0 Å². The van der Waals surface area contributed by atoms with Gasteiger partial charge in [0, 0.05) is 28.1 Å². The van der Waals surface area contributed by atoms with Crippen LogP contribution in [-0.4, -0.2) is 4.98 Å². The van der Waals surface area contributed by atoms with Crippen molar-refractivity contribution in [2.75, 3.05) is 0 Å². The second-order valence-corrected chi connectivity index (χ2v) is 5.58. The molecule has 4 heteroatoms. The molecule has 0 radical (unpaired) electrons. The smallest absolute Gasteiger partial charge is 0.0526 e. The molecule has 0 bridgehead atoms. The highest BCUT2D eigenvalue weighted by Crippen LogP contribution is 2.24. The van der Waals surface area contributed by atoms with E-state index in [9.17, 15) is 0 Å². The topological polar surface area (TPSA) is 50.9 Å². The van der Waals surface area contributed by atoms with Gasteiger partial charge in [-0.25, -0.2) is 0 Å². The minimum Gasteiger partial charge on any atom is -0.271 e. The summed E-state index contributed by atoms with van der Waals surface area (Å²) in [6.07, 6.45) is 3.82. The molecule has 2 rings (SSSR count). The van der Waals surface area contributed by atoms with E-state index in [4.69, 9.17) is 5.84 Å². The number of hydrazine groups is 1. The van der Waals surface area contributed by atoms with Crippen LogP contribution in [0.1, 0.15) is 34.0 Å². The first kappa shape index (κ1) is 13.2. The molecule has 2 aromatic heterocycles. The average Bonchev–Trinajstić information content (AvgIpc) is 2.85. The van der Waals surface area contributed by atoms with E-state index in [1.807, 2.05) is 30.5 Å². The number of thiophene rings is 1. The van der Waals surface area contributed by atoms with E-state index in [0.717, 1.165) is 18.5 Å². The van der Waals surface area contributed by atoms with Crippen molar-refractivity contribution in [1.29, 1.82) is 0 Å². The van der Waals surface area contributed by atoms with Gasteiger partial charge in [0.15, 0.2) is 0 Å². The molecule has 3 nitrogen and oxygen atoms in total. The van der Waals surface area contributed by atoms with Gasteiger partial charge in [-0.1, -0.05) is 13.0 Å². The maximum atomic E-state index is 5.69. The van der Waals surface area contributed by atoms with Crippen molar-refractivity contribution in [3.05, 3.63) is 51.5 Å². The lowest BCUT2D eigenvalue weighted by molar-refractivity contribution is 0.550. The van der Waals surface area contributed by atoms with Crippen LogP contribution in [0.15, 0.2) is 30.5 Å². The van der Waals surface area contributed by atoms with Crippen molar-refractivity contribution in [3.63, 3.8) is 0 Å². The molecule has 18 heavy (non-hydrogen) atoms. The average molecular weight is 261 g/mol. The number of nitrogens with zero attached hydrogens (tertiary/aromatic N) is 1. The van der Waals surface area contributed by atoms with Crippen LogP contribution in [0.3, 0.4) is 0 Å². The molecule has 0 amide bonds. The fourth-order valence-electron chi connectivity index (χ4n) is 2.05. The third-order valence-electron chi connectivity index (χ3n) is 3.10. The summed E-state index contributed by atoms with van der Waals surface area (Å²) in [6, 6.07) is 8.56. The Morgan fingerprint density at radius 3 is 2.72 bits per heavy atom. The van der Waals surface area contributed by atoms with Gasteiger partial charge in [0.1, 0.15) is 0 Å². The Labute approximate surface area is 112 Å². The van der Waals surface area contributed by atoms with Crippen molar-refractivity contribution >= 4 is 11.3 Å². The summed E-state index contributed by atoms with van der Waals surface area (Å²) in [5, 5.41) is 0. The number of nitrogens with two attached hydrogens (primary N) is 1. The second-order valence-electron chi connectivity index (χ2n) is 4.32. The van der Waals surface area contributed by atoms with E-state index >= 15 is 0 Å². The van der Waals surface area contributed by atoms with E-state index in [2.05, 4.69) is 35.5 Å². The van der Waals surface area contributed by atoms with Gasteiger partial charge in [-0.05, 0) is 37.1 Å². The van der Waals surface area contributed by atoms with Gasteiger partial charge < -0.3 is 0 Å². The minimum absolute atomic E-state index is 0.127. The first-order chi connectivity index (χ1) is 8.74. The second kappa shape index (κ2) is 6.09. The number of hydrogen-bond acceptors (Lipinski definition) is 4. The van der Waals surface area contributed by atoms with Crippen LogP contribution < -0.4 is 11.3 Å². The molecule has 3 N–H and O–H groups in total. The summed E-state index contributed by atoms with van der Waals surface area (Å²) in [7, 11) is 0. The fraction of sp³-hybridized carbons (Fsp3) is 0.357. The maximum absolute atomic E-state index is 5.69. The van der Waals surface area contributed by atoms with Gasteiger partial charge in [0.2, 0.25) is 0 Å². The van der Waals surface area contributed by atoms with Gasteiger partial charge in [-0.15, -0.1) is 11.3 Å². The minimum atomic E-state index is 0.127.